The number of rotatable bonds is 1. The first kappa shape index (κ1) is 14.4. The summed E-state index contributed by atoms with van der Waals surface area (Å²) in [4.78, 5) is 9.47. The molecular weight excluding hydrogens is 246 g/mol. The van der Waals surface area contributed by atoms with Crippen LogP contribution in [0.1, 0.15) is 11.3 Å². The van der Waals surface area contributed by atoms with Crippen molar-refractivity contribution >= 4 is 5.69 Å². The summed E-state index contributed by atoms with van der Waals surface area (Å²) in [5.74, 6) is 5.32. The Hall–Kier alpha value is -2.63. The quantitative estimate of drug-likeness (QED) is 0.358. The summed E-state index contributed by atoms with van der Waals surface area (Å²) in [6.45, 7) is 4.04. The van der Waals surface area contributed by atoms with E-state index in [0.717, 1.165) is 17.8 Å². The Morgan fingerprint density at radius 1 is 1.16 bits per heavy atom. The number of hydrogen-bond acceptors (Lipinski definition) is 4. The second kappa shape index (κ2) is 6.34. The number of nitro groups is 1. The number of nitrogens with two attached hydrogens (primary N) is 1. The van der Waals surface area contributed by atoms with E-state index in [4.69, 9.17) is 5.84 Å². The predicted molar refractivity (Wildman–Crippen MR) is 68.8 cm³/mol. The number of benzene rings is 1. The summed E-state index contributed by atoms with van der Waals surface area (Å²) in [6.07, 6.45) is 1.84. The topological polar surface area (TPSA) is 96.1 Å². The molecule has 0 amide bonds. The summed E-state index contributed by atoms with van der Waals surface area (Å²) in [6, 6.07) is 8.67. The highest BCUT2D eigenvalue weighted by molar-refractivity contribution is 5.34. The van der Waals surface area contributed by atoms with Crippen LogP contribution in [0.5, 0.6) is 5.75 Å². The van der Waals surface area contributed by atoms with Gasteiger partial charge in [0.05, 0.1) is 4.92 Å². The van der Waals surface area contributed by atoms with E-state index in [1.54, 1.807) is 4.68 Å². The molecule has 0 saturated heterocycles. The maximum absolute atomic E-state index is 10.4. The SMILES string of the molecule is Cc1ccc[n+](N)c1C.O=[N+]([O-])c1ccc([O-])cc1. The summed E-state index contributed by atoms with van der Waals surface area (Å²) in [5, 5.41) is 20.4. The van der Waals surface area contributed by atoms with Crippen molar-refractivity contribution in [3.8, 4) is 5.75 Å². The molecule has 1 aromatic heterocycles. The smallest absolute Gasteiger partial charge is 0.269 e. The van der Waals surface area contributed by atoms with E-state index in [1.807, 2.05) is 32.2 Å². The number of aryl methyl sites for hydroxylation is 1. The van der Waals surface area contributed by atoms with Crippen molar-refractivity contribution < 1.29 is 14.7 Å². The molecule has 0 radical (unpaired) electrons. The first-order chi connectivity index (χ1) is 8.91. The van der Waals surface area contributed by atoms with Gasteiger partial charge in [-0.3, -0.25) is 10.1 Å². The Morgan fingerprint density at radius 2 is 1.74 bits per heavy atom. The zero-order valence-electron chi connectivity index (χ0n) is 10.7. The van der Waals surface area contributed by atoms with Gasteiger partial charge < -0.3 is 5.11 Å². The van der Waals surface area contributed by atoms with Crippen LogP contribution >= 0.6 is 0 Å². The summed E-state index contributed by atoms with van der Waals surface area (Å²) < 4.78 is 1.62. The van der Waals surface area contributed by atoms with Crippen LogP contribution in [0.2, 0.25) is 0 Å². The van der Waals surface area contributed by atoms with Crippen LogP contribution in [0.25, 0.3) is 0 Å². The van der Waals surface area contributed by atoms with Crippen molar-refractivity contribution in [2.45, 2.75) is 13.8 Å². The number of hydrogen-bond donors (Lipinski definition) is 1. The van der Waals surface area contributed by atoms with Gasteiger partial charge in [0.2, 0.25) is 5.69 Å². The minimum atomic E-state index is -0.542. The molecule has 6 heteroatoms. The molecule has 0 saturated carbocycles. The van der Waals surface area contributed by atoms with Crippen LogP contribution < -0.4 is 15.6 Å². The second-order valence-corrected chi connectivity index (χ2v) is 3.93. The molecule has 0 spiro atoms. The first-order valence-electron chi connectivity index (χ1n) is 5.56. The third-order valence-corrected chi connectivity index (χ3v) is 2.60. The van der Waals surface area contributed by atoms with Gasteiger partial charge in [0.1, 0.15) is 0 Å². The van der Waals surface area contributed by atoms with E-state index in [1.165, 1.54) is 17.7 Å². The lowest BCUT2D eigenvalue weighted by Crippen LogP contribution is -2.47. The van der Waals surface area contributed by atoms with E-state index in [-0.39, 0.29) is 11.4 Å². The maximum atomic E-state index is 10.4. The van der Waals surface area contributed by atoms with Gasteiger partial charge in [0, 0.05) is 30.7 Å². The fraction of sp³-hybridized carbons (Fsp3) is 0.154. The zero-order valence-corrected chi connectivity index (χ0v) is 10.7. The van der Waals surface area contributed by atoms with E-state index in [2.05, 4.69) is 0 Å². The Balaban J connectivity index is 0.000000191. The van der Waals surface area contributed by atoms with Crippen LogP contribution in [-0.2, 0) is 0 Å². The normalized spacial score (nSPS) is 9.37. The van der Waals surface area contributed by atoms with Crippen LogP contribution in [0.3, 0.4) is 0 Å². The molecular formula is C13H15N3O3. The van der Waals surface area contributed by atoms with Crippen LogP contribution in [0, 0.1) is 24.0 Å². The summed E-state index contributed by atoms with van der Waals surface area (Å²) >= 11 is 0. The van der Waals surface area contributed by atoms with Crippen LogP contribution in [-0.4, -0.2) is 4.92 Å². The monoisotopic (exact) mass is 261 g/mol. The molecule has 2 rings (SSSR count). The van der Waals surface area contributed by atoms with Gasteiger partial charge in [-0.2, -0.15) is 0 Å². The van der Waals surface area contributed by atoms with Crippen molar-refractivity contribution in [3.63, 3.8) is 0 Å². The molecule has 0 bridgehead atoms. The molecule has 0 unspecified atom stereocenters. The lowest BCUT2D eigenvalue weighted by Gasteiger charge is -2.00. The molecule has 100 valence electrons. The molecule has 0 aliphatic heterocycles. The Labute approximate surface area is 110 Å². The average Bonchev–Trinajstić information content (AvgIpc) is 2.37. The largest absolute Gasteiger partial charge is 0.872 e. The standard InChI is InChI=1S/C7H11N2.C6H5NO3/c1-6-4-3-5-9(8)7(6)2;8-6-3-1-5(2-4-6)7(9)10/h3-5H,8H2,1-2H3;1-4,8H/q+1;/p-1. The molecule has 19 heavy (non-hydrogen) atoms. The molecule has 6 nitrogen and oxygen atoms in total. The number of non-ortho nitro benzene ring substituents is 1. The van der Waals surface area contributed by atoms with Gasteiger partial charge in [-0.1, -0.05) is 16.8 Å². The molecule has 2 N–H and O–H groups in total. The number of nitrogens with zero attached hydrogens (tertiary/aromatic N) is 2. The Morgan fingerprint density at radius 3 is 2.16 bits per heavy atom. The average molecular weight is 261 g/mol. The van der Waals surface area contributed by atoms with Crippen molar-refractivity contribution in [2.75, 3.05) is 5.84 Å². The lowest BCUT2D eigenvalue weighted by atomic mass is 10.2. The van der Waals surface area contributed by atoms with Crippen LogP contribution in [0.4, 0.5) is 5.69 Å². The van der Waals surface area contributed by atoms with Gasteiger partial charge in [-0.05, 0) is 13.0 Å². The molecule has 0 fully saturated rings. The third-order valence-electron chi connectivity index (χ3n) is 2.60. The van der Waals surface area contributed by atoms with Crippen molar-refractivity contribution in [1.29, 1.82) is 0 Å². The number of nitro benzene ring substituents is 1. The zero-order chi connectivity index (χ0) is 14.4. The van der Waals surface area contributed by atoms with Crippen LogP contribution in [0.15, 0.2) is 42.6 Å². The second-order valence-electron chi connectivity index (χ2n) is 3.93. The fourth-order valence-corrected chi connectivity index (χ4v) is 1.28. The molecule has 0 atom stereocenters. The van der Waals surface area contributed by atoms with Gasteiger partial charge in [-0.25, -0.2) is 5.84 Å². The lowest BCUT2D eigenvalue weighted by molar-refractivity contribution is -0.645. The Bertz CT molecular complexity index is 548. The van der Waals surface area contributed by atoms with E-state index in [9.17, 15) is 15.2 Å². The molecule has 1 heterocycles. The molecule has 0 aliphatic rings. The predicted octanol–water partition coefficient (Wildman–Crippen LogP) is 0.973. The highest BCUT2D eigenvalue weighted by atomic mass is 16.6. The summed E-state index contributed by atoms with van der Waals surface area (Å²) in [7, 11) is 0. The van der Waals surface area contributed by atoms with E-state index >= 15 is 0 Å². The molecule has 0 aliphatic carbocycles. The first-order valence-corrected chi connectivity index (χ1v) is 5.56. The summed E-state index contributed by atoms with van der Waals surface area (Å²) in [5.41, 5.74) is 2.28. The maximum Gasteiger partial charge on any atom is 0.269 e. The van der Waals surface area contributed by atoms with Gasteiger partial charge in [0.25, 0.3) is 5.69 Å². The van der Waals surface area contributed by atoms with E-state index in [0.29, 0.717) is 0 Å². The highest BCUT2D eigenvalue weighted by Gasteiger charge is 2.01. The van der Waals surface area contributed by atoms with Gasteiger partial charge in [0.15, 0.2) is 6.20 Å². The van der Waals surface area contributed by atoms with Gasteiger partial charge in [-0.15, -0.1) is 5.75 Å². The minimum Gasteiger partial charge on any atom is -0.872 e. The minimum absolute atomic E-state index is 0.0559. The van der Waals surface area contributed by atoms with Crippen molar-refractivity contribution in [3.05, 3.63) is 64.0 Å². The number of aromatic nitrogens is 1. The molecule has 2 aromatic rings. The number of nitrogen functional groups attached to an aromatic ring is 1. The Kier molecular flexibility index (Phi) is 4.82. The highest BCUT2D eigenvalue weighted by Crippen LogP contribution is 2.12. The molecule has 1 aromatic carbocycles. The van der Waals surface area contributed by atoms with Gasteiger partial charge >= 0.3 is 0 Å². The number of pyridine rings is 1. The van der Waals surface area contributed by atoms with Crippen molar-refractivity contribution in [1.82, 2.24) is 0 Å². The van der Waals surface area contributed by atoms with E-state index < -0.39 is 4.92 Å². The van der Waals surface area contributed by atoms with Crippen molar-refractivity contribution in [2.24, 2.45) is 0 Å². The fourth-order valence-electron chi connectivity index (χ4n) is 1.28. The third kappa shape index (κ3) is 4.27.